The Morgan fingerprint density at radius 3 is 2.33 bits per heavy atom. The van der Waals surface area contributed by atoms with E-state index >= 15 is 0 Å². The van der Waals surface area contributed by atoms with Crippen molar-refractivity contribution in [2.75, 3.05) is 0 Å². The lowest BCUT2D eigenvalue weighted by atomic mass is 9.71. The first-order valence-electron chi connectivity index (χ1n) is 8.29. The summed E-state index contributed by atoms with van der Waals surface area (Å²) in [4.78, 5) is 0. The second-order valence-corrected chi connectivity index (χ2v) is 7.04. The molecule has 3 rings (SSSR count). The Morgan fingerprint density at radius 2 is 1.71 bits per heavy atom. The van der Waals surface area contributed by atoms with Crippen LogP contribution < -0.4 is 5.32 Å². The van der Waals surface area contributed by atoms with Crippen molar-refractivity contribution < 1.29 is 8.78 Å². The van der Waals surface area contributed by atoms with Crippen molar-refractivity contribution in [3.63, 3.8) is 0 Å². The summed E-state index contributed by atoms with van der Waals surface area (Å²) in [7, 11) is 0. The standard InChI is InChI=1S/C18H25F2N/c1-13(14-4-5-16(19)17(20)12-14)21-15-6-10-18(11-7-15)8-2-3-9-18/h4-5,12-13,15,21H,2-3,6-11H2,1H3. The van der Waals surface area contributed by atoms with Gasteiger partial charge in [-0.05, 0) is 68.6 Å². The Kier molecular flexibility index (Phi) is 4.30. The molecule has 1 spiro atoms. The molecule has 2 aliphatic carbocycles. The number of rotatable bonds is 3. The summed E-state index contributed by atoms with van der Waals surface area (Å²) in [5, 5.41) is 3.60. The zero-order chi connectivity index (χ0) is 14.9. The molecule has 0 aliphatic heterocycles. The minimum atomic E-state index is -0.771. The summed E-state index contributed by atoms with van der Waals surface area (Å²) < 4.78 is 26.3. The van der Waals surface area contributed by atoms with E-state index in [0.29, 0.717) is 11.5 Å². The Balaban J connectivity index is 1.56. The zero-order valence-corrected chi connectivity index (χ0v) is 12.8. The van der Waals surface area contributed by atoms with E-state index in [0.717, 1.165) is 5.56 Å². The largest absolute Gasteiger partial charge is 0.307 e. The first-order chi connectivity index (χ1) is 10.1. The summed E-state index contributed by atoms with van der Waals surface area (Å²) in [6.45, 7) is 2.03. The van der Waals surface area contributed by atoms with Crippen molar-refractivity contribution in [2.45, 2.75) is 70.4 Å². The summed E-state index contributed by atoms with van der Waals surface area (Å²) >= 11 is 0. The van der Waals surface area contributed by atoms with E-state index in [2.05, 4.69) is 5.32 Å². The molecule has 3 heteroatoms. The molecule has 0 bridgehead atoms. The van der Waals surface area contributed by atoms with Gasteiger partial charge in [-0.2, -0.15) is 0 Å². The monoisotopic (exact) mass is 293 g/mol. The van der Waals surface area contributed by atoms with Gasteiger partial charge < -0.3 is 5.32 Å². The van der Waals surface area contributed by atoms with Crippen molar-refractivity contribution in [1.29, 1.82) is 0 Å². The number of benzene rings is 1. The molecule has 0 amide bonds. The van der Waals surface area contributed by atoms with Crippen molar-refractivity contribution in [3.8, 4) is 0 Å². The average Bonchev–Trinajstić information content (AvgIpc) is 2.93. The van der Waals surface area contributed by atoms with Crippen LogP contribution in [0.1, 0.15) is 69.9 Å². The van der Waals surface area contributed by atoms with Crippen LogP contribution >= 0.6 is 0 Å². The molecule has 2 aliphatic rings. The van der Waals surface area contributed by atoms with Gasteiger partial charge in [-0.15, -0.1) is 0 Å². The van der Waals surface area contributed by atoms with Crippen molar-refractivity contribution in [1.82, 2.24) is 5.32 Å². The predicted molar refractivity (Wildman–Crippen MR) is 81.1 cm³/mol. The van der Waals surface area contributed by atoms with Crippen molar-refractivity contribution in [3.05, 3.63) is 35.4 Å². The quantitative estimate of drug-likeness (QED) is 0.815. The Hall–Kier alpha value is -0.960. The molecule has 1 atom stereocenters. The summed E-state index contributed by atoms with van der Waals surface area (Å²) in [6, 6.07) is 4.80. The Morgan fingerprint density at radius 1 is 1.05 bits per heavy atom. The fourth-order valence-corrected chi connectivity index (χ4v) is 4.25. The summed E-state index contributed by atoms with van der Waals surface area (Å²) in [6.07, 6.45) is 10.7. The number of halogens is 2. The summed E-state index contributed by atoms with van der Waals surface area (Å²) in [5.41, 5.74) is 1.47. The minimum Gasteiger partial charge on any atom is -0.307 e. The van der Waals surface area contributed by atoms with Crippen LogP contribution in [0.25, 0.3) is 0 Å². The maximum absolute atomic E-state index is 13.3. The van der Waals surface area contributed by atoms with Gasteiger partial charge in [-0.3, -0.25) is 0 Å². The normalized spacial score (nSPS) is 23.6. The topological polar surface area (TPSA) is 12.0 Å². The van der Waals surface area contributed by atoms with E-state index in [-0.39, 0.29) is 6.04 Å². The van der Waals surface area contributed by atoms with Crippen LogP contribution in [-0.2, 0) is 0 Å². The highest BCUT2D eigenvalue weighted by Gasteiger charge is 2.37. The lowest BCUT2D eigenvalue weighted by molar-refractivity contribution is 0.164. The van der Waals surface area contributed by atoms with E-state index in [1.807, 2.05) is 6.92 Å². The second kappa shape index (κ2) is 6.04. The molecule has 0 heterocycles. The molecule has 0 radical (unpaired) electrons. The Bertz CT molecular complexity index is 484. The number of nitrogens with one attached hydrogen (secondary N) is 1. The third-order valence-corrected chi connectivity index (χ3v) is 5.64. The molecule has 1 nitrogen and oxygen atoms in total. The SMILES string of the molecule is CC(NC1CCC2(CCCC2)CC1)c1ccc(F)c(F)c1. The maximum atomic E-state index is 13.3. The molecule has 1 aromatic carbocycles. The summed E-state index contributed by atoms with van der Waals surface area (Å²) in [5.74, 6) is -1.53. The molecule has 1 aromatic rings. The number of hydrogen-bond acceptors (Lipinski definition) is 1. The molecular formula is C18H25F2N. The lowest BCUT2D eigenvalue weighted by Crippen LogP contribution is -2.38. The molecular weight excluding hydrogens is 268 g/mol. The van der Waals surface area contributed by atoms with Gasteiger partial charge in [-0.1, -0.05) is 18.9 Å². The highest BCUT2D eigenvalue weighted by Crippen LogP contribution is 2.49. The molecule has 116 valence electrons. The van der Waals surface area contributed by atoms with E-state index in [9.17, 15) is 8.78 Å². The zero-order valence-electron chi connectivity index (χ0n) is 12.8. The van der Waals surface area contributed by atoms with Crippen LogP contribution in [0.4, 0.5) is 8.78 Å². The molecule has 2 saturated carbocycles. The maximum Gasteiger partial charge on any atom is 0.159 e. The van der Waals surface area contributed by atoms with Crippen molar-refractivity contribution >= 4 is 0 Å². The van der Waals surface area contributed by atoms with Gasteiger partial charge in [0.2, 0.25) is 0 Å². The fourth-order valence-electron chi connectivity index (χ4n) is 4.25. The van der Waals surface area contributed by atoms with Crippen LogP contribution in [0.5, 0.6) is 0 Å². The fraction of sp³-hybridized carbons (Fsp3) is 0.667. The van der Waals surface area contributed by atoms with Crippen LogP contribution in [0, 0.1) is 17.0 Å². The van der Waals surface area contributed by atoms with Crippen molar-refractivity contribution in [2.24, 2.45) is 5.41 Å². The van der Waals surface area contributed by atoms with Gasteiger partial charge in [0.15, 0.2) is 11.6 Å². The molecule has 1 unspecified atom stereocenters. The van der Waals surface area contributed by atoms with E-state index in [1.54, 1.807) is 6.07 Å². The molecule has 1 N–H and O–H groups in total. The van der Waals surface area contributed by atoms with E-state index < -0.39 is 11.6 Å². The van der Waals surface area contributed by atoms with Crippen LogP contribution in [0.2, 0.25) is 0 Å². The third kappa shape index (κ3) is 3.28. The van der Waals surface area contributed by atoms with Gasteiger partial charge in [0.1, 0.15) is 0 Å². The predicted octanol–water partition coefficient (Wildman–Crippen LogP) is 5.12. The van der Waals surface area contributed by atoms with Gasteiger partial charge in [-0.25, -0.2) is 8.78 Å². The third-order valence-electron chi connectivity index (χ3n) is 5.64. The van der Waals surface area contributed by atoms with Gasteiger partial charge in [0.05, 0.1) is 0 Å². The molecule has 2 fully saturated rings. The van der Waals surface area contributed by atoms with Gasteiger partial charge in [0, 0.05) is 12.1 Å². The second-order valence-electron chi connectivity index (χ2n) is 7.04. The van der Waals surface area contributed by atoms with Gasteiger partial charge >= 0.3 is 0 Å². The highest BCUT2D eigenvalue weighted by molar-refractivity contribution is 5.21. The smallest absolute Gasteiger partial charge is 0.159 e. The molecule has 0 aromatic heterocycles. The first-order valence-corrected chi connectivity index (χ1v) is 8.29. The number of hydrogen-bond donors (Lipinski definition) is 1. The minimum absolute atomic E-state index is 0.0720. The molecule has 0 saturated heterocycles. The average molecular weight is 293 g/mol. The van der Waals surface area contributed by atoms with Crippen LogP contribution in [0.15, 0.2) is 18.2 Å². The molecule has 21 heavy (non-hydrogen) atoms. The van der Waals surface area contributed by atoms with Crippen LogP contribution in [-0.4, -0.2) is 6.04 Å². The highest BCUT2D eigenvalue weighted by atomic mass is 19.2. The Labute approximate surface area is 126 Å². The first kappa shape index (κ1) is 15.0. The van der Waals surface area contributed by atoms with Crippen LogP contribution in [0.3, 0.4) is 0 Å². The van der Waals surface area contributed by atoms with E-state index in [4.69, 9.17) is 0 Å². The lowest BCUT2D eigenvalue weighted by Gasteiger charge is -2.38. The van der Waals surface area contributed by atoms with Gasteiger partial charge in [0.25, 0.3) is 0 Å². The van der Waals surface area contributed by atoms with E-state index in [1.165, 1.54) is 63.5 Å².